The fraction of sp³-hybridized carbons (Fsp3) is 0.286. The van der Waals surface area contributed by atoms with Gasteiger partial charge >= 0.3 is 5.97 Å². The topological polar surface area (TPSA) is 59.3 Å². The highest BCUT2D eigenvalue weighted by Crippen LogP contribution is 2.21. The minimum Gasteiger partial charge on any atom is -0.477 e. The summed E-state index contributed by atoms with van der Waals surface area (Å²) >= 11 is 0. The van der Waals surface area contributed by atoms with Gasteiger partial charge in [-0.15, -0.1) is 0 Å². The zero-order chi connectivity index (χ0) is 14.2. The van der Waals surface area contributed by atoms with Gasteiger partial charge in [-0.05, 0) is 31.5 Å². The van der Waals surface area contributed by atoms with Gasteiger partial charge in [0, 0.05) is 17.5 Å². The predicted molar refractivity (Wildman–Crippen MR) is 70.1 cm³/mol. The first-order valence-electron chi connectivity index (χ1n) is 6.03. The Kier molecular flexibility index (Phi) is 3.38. The molecule has 19 heavy (non-hydrogen) atoms. The summed E-state index contributed by atoms with van der Waals surface area (Å²) in [5.41, 5.74) is -0.205. The number of hydrogen-bond donors (Lipinski definition) is 1. The minimum absolute atomic E-state index is 0.113. The van der Waals surface area contributed by atoms with Crippen LogP contribution in [-0.2, 0) is 0 Å². The van der Waals surface area contributed by atoms with Gasteiger partial charge in [0.1, 0.15) is 11.5 Å². The van der Waals surface area contributed by atoms with Crippen LogP contribution in [0.25, 0.3) is 10.9 Å². The molecule has 0 saturated carbocycles. The van der Waals surface area contributed by atoms with E-state index in [0.29, 0.717) is 17.3 Å². The largest absolute Gasteiger partial charge is 0.477 e. The highest BCUT2D eigenvalue weighted by Gasteiger charge is 2.18. The number of halogens is 1. The number of nitrogens with zero attached hydrogens (tertiary/aromatic N) is 1. The lowest BCUT2D eigenvalue weighted by Crippen LogP contribution is -2.20. The predicted octanol–water partition coefficient (Wildman–Crippen LogP) is 2.81. The average Bonchev–Trinajstić information content (AvgIpc) is 2.37. The highest BCUT2D eigenvalue weighted by molar-refractivity contribution is 5.90. The maximum absolute atomic E-state index is 13.4. The van der Waals surface area contributed by atoms with Crippen molar-refractivity contribution in [3.8, 4) is 0 Å². The molecular formula is C14H14FNO3. The number of pyridine rings is 1. The van der Waals surface area contributed by atoms with E-state index in [1.807, 2.05) is 13.8 Å². The summed E-state index contributed by atoms with van der Waals surface area (Å²) in [6.07, 6.45) is 0.675. The highest BCUT2D eigenvalue weighted by atomic mass is 19.1. The van der Waals surface area contributed by atoms with Crippen LogP contribution in [0, 0.1) is 5.82 Å². The maximum atomic E-state index is 13.4. The first-order valence-corrected chi connectivity index (χ1v) is 6.03. The molecule has 1 heterocycles. The van der Waals surface area contributed by atoms with Crippen molar-refractivity contribution in [1.29, 1.82) is 0 Å². The van der Waals surface area contributed by atoms with Gasteiger partial charge in [0.05, 0.1) is 5.52 Å². The Balaban J connectivity index is 2.96. The lowest BCUT2D eigenvalue weighted by molar-refractivity contribution is 0.0682. The van der Waals surface area contributed by atoms with Crippen molar-refractivity contribution in [3.05, 3.63) is 46.0 Å². The third-order valence-corrected chi connectivity index (χ3v) is 3.26. The van der Waals surface area contributed by atoms with Crippen LogP contribution in [0.2, 0.25) is 0 Å². The second kappa shape index (κ2) is 4.84. The van der Waals surface area contributed by atoms with Crippen LogP contribution in [0.15, 0.2) is 29.1 Å². The minimum atomic E-state index is -1.19. The molecule has 1 aromatic heterocycles. The van der Waals surface area contributed by atoms with Crippen LogP contribution < -0.4 is 5.43 Å². The van der Waals surface area contributed by atoms with E-state index in [0.717, 1.165) is 6.07 Å². The van der Waals surface area contributed by atoms with Gasteiger partial charge in [0.25, 0.3) is 0 Å². The molecule has 1 aromatic carbocycles. The van der Waals surface area contributed by atoms with E-state index >= 15 is 0 Å². The molecule has 0 bridgehead atoms. The van der Waals surface area contributed by atoms with E-state index in [4.69, 9.17) is 0 Å². The molecular weight excluding hydrogens is 249 g/mol. The van der Waals surface area contributed by atoms with E-state index in [9.17, 15) is 19.1 Å². The summed E-state index contributed by atoms with van der Waals surface area (Å²) in [5, 5.41) is 9.54. The number of aromatic nitrogens is 1. The molecule has 0 aliphatic heterocycles. The summed E-state index contributed by atoms with van der Waals surface area (Å²) in [7, 11) is 0. The van der Waals surface area contributed by atoms with Gasteiger partial charge in [-0.2, -0.15) is 0 Å². The molecule has 1 unspecified atom stereocenters. The van der Waals surface area contributed by atoms with E-state index in [1.165, 1.54) is 22.8 Å². The van der Waals surface area contributed by atoms with Crippen LogP contribution in [0.3, 0.4) is 0 Å². The average molecular weight is 263 g/mol. The molecule has 0 amide bonds. The Labute approximate surface area is 109 Å². The van der Waals surface area contributed by atoms with Crippen molar-refractivity contribution < 1.29 is 14.3 Å². The third-order valence-electron chi connectivity index (χ3n) is 3.26. The van der Waals surface area contributed by atoms with Crippen molar-refractivity contribution >= 4 is 16.9 Å². The first kappa shape index (κ1) is 13.3. The van der Waals surface area contributed by atoms with Crippen LogP contribution in [-0.4, -0.2) is 15.6 Å². The number of benzene rings is 1. The number of carboxylic acids is 1. The number of hydrogen-bond acceptors (Lipinski definition) is 2. The molecule has 0 aliphatic carbocycles. The monoisotopic (exact) mass is 263 g/mol. The Morgan fingerprint density at radius 2 is 2.11 bits per heavy atom. The molecule has 0 aliphatic rings. The Hall–Kier alpha value is -2.17. The van der Waals surface area contributed by atoms with Gasteiger partial charge < -0.3 is 9.67 Å². The summed E-state index contributed by atoms with van der Waals surface area (Å²) in [6.45, 7) is 3.74. The normalized spacial score (nSPS) is 12.6. The number of aromatic carboxylic acids is 1. The first-order chi connectivity index (χ1) is 8.95. The molecule has 2 rings (SSSR count). The second-order valence-electron chi connectivity index (χ2n) is 4.49. The standard InChI is InChI=1S/C14H14FNO3/c1-3-8(2)16-11-6-9(15)4-5-10(11)13(17)7-12(16)14(18)19/h4-8H,3H2,1-2H3,(H,18,19). The van der Waals surface area contributed by atoms with Gasteiger partial charge in [-0.1, -0.05) is 6.92 Å². The van der Waals surface area contributed by atoms with Crippen molar-refractivity contribution in [2.75, 3.05) is 0 Å². The van der Waals surface area contributed by atoms with E-state index in [1.54, 1.807) is 0 Å². The molecule has 0 fully saturated rings. The van der Waals surface area contributed by atoms with Gasteiger partial charge in [0.15, 0.2) is 5.43 Å². The lowest BCUT2D eigenvalue weighted by atomic mass is 10.1. The fourth-order valence-corrected chi connectivity index (χ4v) is 2.14. The molecule has 5 heteroatoms. The molecule has 0 radical (unpaired) electrons. The molecule has 1 N–H and O–H groups in total. The molecule has 100 valence electrons. The lowest BCUT2D eigenvalue weighted by Gasteiger charge is -2.20. The third kappa shape index (κ3) is 2.23. The molecule has 2 aromatic rings. The number of rotatable bonds is 3. The Morgan fingerprint density at radius 3 is 2.68 bits per heavy atom. The van der Waals surface area contributed by atoms with Gasteiger partial charge in [-0.25, -0.2) is 9.18 Å². The summed E-state index contributed by atoms with van der Waals surface area (Å²) in [6, 6.07) is 4.74. The summed E-state index contributed by atoms with van der Waals surface area (Å²) in [4.78, 5) is 23.1. The fourth-order valence-electron chi connectivity index (χ4n) is 2.14. The molecule has 0 spiro atoms. The van der Waals surface area contributed by atoms with Crippen LogP contribution in [0.5, 0.6) is 0 Å². The van der Waals surface area contributed by atoms with Gasteiger partial charge in [-0.3, -0.25) is 4.79 Å². The van der Waals surface area contributed by atoms with Gasteiger partial charge in [0.2, 0.25) is 0 Å². The molecule has 0 saturated heterocycles. The van der Waals surface area contributed by atoms with E-state index < -0.39 is 17.2 Å². The molecule has 1 atom stereocenters. The van der Waals surface area contributed by atoms with E-state index in [2.05, 4.69) is 0 Å². The SMILES string of the molecule is CCC(C)n1c(C(=O)O)cc(=O)c2ccc(F)cc21. The molecule has 4 nitrogen and oxygen atoms in total. The smallest absolute Gasteiger partial charge is 0.352 e. The van der Waals surface area contributed by atoms with Crippen LogP contribution in [0.4, 0.5) is 4.39 Å². The Bertz CT molecular complexity index is 706. The van der Waals surface area contributed by atoms with Crippen molar-refractivity contribution in [1.82, 2.24) is 4.57 Å². The number of carbonyl (C=O) groups is 1. The van der Waals surface area contributed by atoms with Crippen molar-refractivity contribution in [2.24, 2.45) is 0 Å². The van der Waals surface area contributed by atoms with Crippen molar-refractivity contribution in [3.63, 3.8) is 0 Å². The summed E-state index contributed by atoms with van der Waals surface area (Å²) in [5.74, 6) is -1.69. The van der Waals surface area contributed by atoms with Crippen molar-refractivity contribution in [2.45, 2.75) is 26.3 Å². The van der Waals surface area contributed by atoms with Crippen LogP contribution in [0.1, 0.15) is 36.8 Å². The zero-order valence-corrected chi connectivity index (χ0v) is 10.7. The zero-order valence-electron chi connectivity index (χ0n) is 10.7. The Morgan fingerprint density at radius 1 is 1.42 bits per heavy atom. The number of carboxylic acid groups (broad SMARTS) is 1. The quantitative estimate of drug-likeness (QED) is 0.926. The van der Waals surface area contributed by atoms with E-state index in [-0.39, 0.29) is 11.7 Å². The van der Waals surface area contributed by atoms with Crippen LogP contribution >= 0.6 is 0 Å². The maximum Gasteiger partial charge on any atom is 0.352 e. The second-order valence-corrected chi connectivity index (χ2v) is 4.49. The summed E-state index contributed by atoms with van der Waals surface area (Å²) < 4.78 is 14.9. The number of fused-ring (bicyclic) bond motifs is 1.